The van der Waals surface area contributed by atoms with Gasteiger partial charge in [-0.1, -0.05) is 112 Å². The van der Waals surface area contributed by atoms with Crippen LogP contribution in [0.5, 0.6) is 0 Å². The Morgan fingerprint density at radius 2 is 1.30 bits per heavy atom. The maximum atomic E-state index is 15.7. The van der Waals surface area contributed by atoms with Crippen LogP contribution in [0.15, 0.2) is 12.2 Å². The van der Waals surface area contributed by atoms with Gasteiger partial charge in [-0.25, -0.2) is 0 Å². The zero-order valence-electron chi connectivity index (χ0n) is 65.9. The van der Waals surface area contributed by atoms with Crippen LogP contribution in [0.3, 0.4) is 0 Å². The summed E-state index contributed by atoms with van der Waals surface area (Å²) in [6, 6.07) is -10.2. The molecule has 0 aromatic heterocycles. The van der Waals surface area contributed by atoms with Crippen molar-refractivity contribution >= 4 is 70.9 Å². The third kappa shape index (κ3) is 21.5. The minimum absolute atomic E-state index is 0.00715. The highest BCUT2D eigenvalue weighted by Crippen LogP contribution is 2.50. The van der Waals surface area contributed by atoms with Crippen molar-refractivity contribution in [3.8, 4) is 0 Å². The second-order valence-corrected chi connectivity index (χ2v) is 32.4. The molecule has 6 rings (SSSR count). The fourth-order valence-corrected chi connectivity index (χ4v) is 17.0. The molecule has 3 N–H and O–H groups in total. The molecule has 12 amide bonds. The van der Waals surface area contributed by atoms with Gasteiger partial charge in [0.05, 0.1) is 37.6 Å². The molecule has 0 aromatic rings. The summed E-state index contributed by atoms with van der Waals surface area (Å²) in [6.45, 7) is 15.7. The Morgan fingerprint density at radius 3 is 1.88 bits per heavy atom. The summed E-state index contributed by atoms with van der Waals surface area (Å²) in [5.41, 5.74) is -2.20. The molecule has 26 nitrogen and oxygen atoms in total. The van der Waals surface area contributed by atoms with Crippen molar-refractivity contribution in [3.05, 3.63) is 12.2 Å². The Bertz CT molecular complexity index is 3100. The van der Waals surface area contributed by atoms with Crippen LogP contribution in [-0.2, 0) is 67.0 Å². The lowest BCUT2D eigenvalue weighted by Crippen LogP contribution is -2.71. The lowest BCUT2D eigenvalue weighted by molar-refractivity contribution is -0.215. The first-order chi connectivity index (χ1) is 49.2. The van der Waals surface area contributed by atoms with Gasteiger partial charge in [-0.15, -0.1) is 0 Å². The maximum absolute atomic E-state index is 15.7. The molecule has 1 spiro atoms. The lowest BCUT2D eigenvalue weighted by Gasteiger charge is -2.54. The number of amides is 12. The number of hydrogen-bond acceptors (Lipinski definition) is 14. The minimum atomic E-state index is -4.52. The van der Waals surface area contributed by atoms with Gasteiger partial charge in [0.25, 0.3) is 0 Å². The summed E-state index contributed by atoms with van der Waals surface area (Å²) in [7, 11) is 12.7. The SMILES string of the molecule is CCC[C@H]1C(=O)N[C@@H]([C@@H](C)CC)C(=O)N(C)CC(=O)N(C)[C@H]2C/C=C\CCN(C2=O)[C@@H](CC2CCC(C)CC2)C(=O)N(C)CC(=O)N[C@@H](CCC2CCC(C(F)(F)F)C(OC)C2)C(=O)N2C[C@H](OCC)C[C@H]2C(=O)NC2(CC(C)(C)C2)C(=O)N(C)[C@@H]([C@@H](C)CC)C(=O)N(C)[C@H](C(=O)N(C)C)CC(=O)N1C. The standard InChI is InChI=1S/C76H125F3N12O14/c1-19-26-54-65(95)81-63(47(6)20-2)71(101)85(13)43-62(94)87(15)55-27-24-23-25-36-90(70(55)100)58(37-49-30-28-46(5)29-31-49)69(99)84(12)42-60(92)80-53(35-33-50-32-34-52(76(77,78)79)59(38-50)104-18)67(97)91-41-51(105-22-4)39-56(91)66(96)82-75(44-74(8,9)45-75)73(103)89(17)64(48(7)21-3)72(102)88(16)57(68(98)83(10)11)40-61(93)86(54)14/h23-24,46-59,63-64H,19-22,25-45H2,1-18H3,(H,80,92)(H,81,95)(H,82,96)/b24-23-/t46?,47-,48-,49?,50?,51+,52?,53-,54-,55-,56-,57-,58-,59?,63-,64-/m0/s1. The van der Waals surface area contributed by atoms with Gasteiger partial charge in [-0.05, 0) is 113 Å². The molecule has 594 valence electrons. The number of likely N-dealkylation sites (N-methyl/N-ethyl adjacent to an activating group) is 7. The highest BCUT2D eigenvalue weighted by Gasteiger charge is 2.59. The Balaban J connectivity index is 1.48. The first kappa shape index (κ1) is 87.0. The summed E-state index contributed by atoms with van der Waals surface area (Å²) in [5.74, 6) is -10.8. The molecule has 3 aliphatic heterocycles. The van der Waals surface area contributed by atoms with E-state index in [4.69, 9.17) is 9.47 Å². The average molecular weight is 1490 g/mol. The van der Waals surface area contributed by atoms with Crippen molar-refractivity contribution in [2.24, 2.45) is 40.9 Å². The number of halogens is 3. The van der Waals surface area contributed by atoms with E-state index in [0.717, 1.165) is 30.6 Å². The molecule has 105 heavy (non-hydrogen) atoms. The first-order valence-corrected chi connectivity index (χ1v) is 38.4. The monoisotopic (exact) mass is 1490 g/mol. The van der Waals surface area contributed by atoms with Crippen molar-refractivity contribution in [1.82, 2.24) is 60.0 Å². The Kier molecular flexibility index (Phi) is 31.3. The fraction of sp³-hybridized carbons (Fsp3) is 0.816. The Labute approximate surface area is 621 Å². The smallest absolute Gasteiger partial charge is 0.381 e. The lowest BCUT2D eigenvalue weighted by atomic mass is 9.58. The van der Waals surface area contributed by atoms with E-state index in [1.165, 1.54) is 103 Å². The molecule has 2 saturated heterocycles. The molecular weight excluding hydrogens is 1360 g/mol. The maximum Gasteiger partial charge on any atom is 0.394 e. The highest BCUT2D eigenvalue weighted by molar-refractivity contribution is 6.01. The van der Waals surface area contributed by atoms with Gasteiger partial charge in [0.2, 0.25) is 70.9 Å². The highest BCUT2D eigenvalue weighted by atomic mass is 19.4. The molecule has 3 heterocycles. The Hall–Kier alpha value is -6.91. The molecular formula is C76H125F3N12O14. The molecule has 3 unspecified atom stereocenters. The molecule has 14 atom stereocenters. The second kappa shape index (κ2) is 37.8. The van der Waals surface area contributed by atoms with Crippen LogP contribution >= 0.6 is 0 Å². The van der Waals surface area contributed by atoms with Gasteiger partial charge >= 0.3 is 6.18 Å². The van der Waals surface area contributed by atoms with Gasteiger partial charge in [-0.2, -0.15) is 13.2 Å². The van der Waals surface area contributed by atoms with Crippen LogP contribution in [0.25, 0.3) is 0 Å². The summed E-state index contributed by atoms with van der Waals surface area (Å²) in [4.78, 5) is 193. The van der Waals surface area contributed by atoms with E-state index >= 15 is 28.8 Å². The van der Waals surface area contributed by atoms with Gasteiger partial charge < -0.3 is 69.5 Å². The predicted octanol–water partition coefficient (Wildman–Crippen LogP) is 5.78. The second-order valence-electron chi connectivity index (χ2n) is 32.4. The normalized spacial score (nSPS) is 31.5. The molecule has 3 aliphatic carbocycles. The molecule has 5 fully saturated rings. The van der Waals surface area contributed by atoms with Gasteiger partial charge in [-0.3, -0.25) is 57.5 Å². The number of carbonyl (C=O) groups excluding carboxylic acids is 12. The fourth-order valence-electron chi connectivity index (χ4n) is 17.0. The van der Waals surface area contributed by atoms with Crippen molar-refractivity contribution in [3.63, 3.8) is 0 Å². The minimum Gasteiger partial charge on any atom is -0.381 e. The molecule has 2 bridgehead atoms. The number of hydrogen-bond donors (Lipinski definition) is 3. The molecule has 29 heteroatoms. The van der Waals surface area contributed by atoms with Crippen LogP contribution in [0, 0.1) is 40.9 Å². The number of ether oxygens (including phenoxy) is 2. The van der Waals surface area contributed by atoms with E-state index in [1.807, 2.05) is 40.7 Å². The number of methoxy groups -OCH3 is 1. The van der Waals surface area contributed by atoms with Crippen LogP contribution in [0.1, 0.15) is 191 Å². The first-order valence-electron chi connectivity index (χ1n) is 38.4. The van der Waals surface area contributed by atoms with E-state index in [2.05, 4.69) is 22.9 Å². The van der Waals surface area contributed by atoms with Crippen LogP contribution in [0.2, 0.25) is 0 Å². The summed E-state index contributed by atoms with van der Waals surface area (Å²) >= 11 is 0. The molecule has 3 saturated carbocycles. The predicted molar refractivity (Wildman–Crippen MR) is 388 cm³/mol. The van der Waals surface area contributed by atoms with Crippen LogP contribution < -0.4 is 16.0 Å². The quantitative estimate of drug-likeness (QED) is 0.164. The van der Waals surface area contributed by atoms with E-state index in [9.17, 15) is 41.9 Å². The number of nitrogens with one attached hydrogen (secondary N) is 3. The summed E-state index contributed by atoms with van der Waals surface area (Å²) in [6.07, 6.45) is 1.88. The van der Waals surface area contributed by atoms with Crippen molar-refractivity contribution in [2.75, 3.05) is 96.3 Å². The van der Waals surface area contributed by atoms with Gasteiger partial charge in [0, 0.05) is 89.6 Å². The summed E-state index contributed by atoms with van der Waals surface area (Å²) < 4.78 is 54.5. The number of carbonyl (C=O) groups is 12. The largest absolute Gasteiger partial charge is 0.394 e. The molecule has 0 radical (unpaired) electrons. The van der Waals surface area contributed by atoms with E-state index in [0.29, 0.717) is 31.6 Å². The number of alkyl halides is 3. The number of nitrogens with zero attached hydrogens (tertiary/aromatic N) is 9. The summed E-state index contributed by atoms with van der Waals surface area (Å²) in [5, 5.41) is 8.83. The van der Waals surface area contributed by atoms with Crippen molar-refractivity contribution < 1.29 is 80.2 Å². The van der Waals surface area contributed by atoms with E-state index in [1.54, 1.807) is 26.8 Å². The zero-order chi connectivity index (χ0) is 78.5. The van der Waals surface area contributed by atoms with E-state index in [-0.39, 0.29) is 96.2 Å². The van der Waals surface area contributed by atoms with Crippen molar-refractivity contribution in [1.29, 1.82) is 0 Å². The zero-order valence-corrected chi connectivity index (χ0v) is 65.9. The van der Waals surface area contributed by atoms with Crippen LogP contribution in [-0.4, -0.2) is 284 Å². The van der Waals surface area contributed by atoms with Crippen molar-refractivity contribution in [2.45, 2.75) is 263 Å². The molecule has 0 aromatic carbocycles. The van der Waals surface area contributed by atoms with E-state index < -0.39 is 192 Å². The number of fused-ring (bicyclic) bond motifs is 3. The third-order valence-electron chi connectivity index (χ3n) is 23.6. The topological polar surface area (TPSA) is 289 Å². The number of rotatable bonds is 15. The average Bonchev–Trinajstić information content (AvgIpc) is 1.43. The van der Waals surface area contributed by atoms with Crippen LogP contribution in [0.4, 0.5) is 13.2 Å². The third-order valence-corrected chi connectivity index (χ3v) is 23.6. The molecule has 6 aliphatic rings. The Morgan fingerprint density at radius 1 is 0.667 bits per heavy atom. The van der Waals surface area contributed by atoms with Gasteiger partial charge in [0.15, 0.2) is 0 Å². The van der Waals surface area contributed by atoms with Gasteiger partial charge in [0.1, 0.15) is 53.9 Å².